The number of carbonyl (C=O) groups excluding carboxylic acids is 2. The lowest BCUT2D eigenvalue weighted by Crippen LogP contribution is -2.65. The Labute approximate surface area is 355 Å². The number of likely N-dealkylation sites (N-methyl/N-ethyl adjacent to an activating group) is 1. The number of hydrogen-bond donors (Lipinski definition) is 1. The number of fused-ring (bicyclic) bond motifs is 7. The number of ketones is 1. The molecular weight excluding hydrogens is 744 g/mol. The molecule has 8 atom stereocenters. The van der Waals surface area contributed by atoms with Gasteiger partial charge in [0.2, 0.25) is 0 Å². The zero-order chi connectivity index (χ0) is 42.4. The van der Waals surface area contributed by atoms with Gasteiger partial charge in [-0.05, 0) is 168 Å². The minimum absolute atomic E-state index is 0.0492. The van der Waals surface area contributed by atoms with Crippen molar-refractivity contribution in [3.05, 3.63) is 46.0 Å². The van der Waals surface area contributed by atoms with Crippen LogP contribution in [0.2, 0.25) is 5.02 Å². The van der Waals surface area contributed by atoms with Crippen LogP contribution in [0, 0.1) is 56.2 Å². The van der Waals surface area contributed by atoms with Gasteiger partial charge >= 0.3 is 11.9 Å². The number of hydrogen-bond acceptors (Lipinski definition) is 6. The highest BCUT2D eigenvalue weighted by Gasteiger charge is 2.70. The first-order valence-corrected chi connectivity index (χ1v) is 23.2. The van der Waals surface area contributed by atoms with Gasteiger partial charge in [-0.15, -0.1) is 0 Å². The molecule has 5 saturated carbocycles. The number of aliphatic carboxylic acids is 1. The maximum absolute atomic E-state index is 14.4. The molecule has 0 heterocycles. The molecule has 1 N–H and O–H groups in total. The van der Waals surface area contributed by atoms with E-state index in [1.807, 2.05) is 12.1 Å². The topological polar surface area (TPSA) is 87.2 Å². The van der Waals surface area contributed by atoms with Crippen LogP contribution in [0.5, 0.6) is 0 Å². The molecule has 58 heavy (non-hydrogen) atoms. The lowest BCUT2D eigenvalue weighted by Gasteiger charge is -2.72. The van der Waals surface area contributed by atoms with E-state index in [2.05, 4.69) is 84.5 Å². The molecule has 0 spiro atoms. The number of carboxylic acid groups (broad SMARTS) is 1. The second-order valence-electron chi connectivity index (χ2n) is 22.8. The zero-order valence-electron chi connectivity index (χ0n) is 37.9. The Kier molecular flexibility index (Phi) is 11.3. The number of halogens is 1. The molecule has 5 fully saturated rings. The van der Waals surface area contributed by atoms with Crippen molar-refractivity contribution in [3.63, 3.8) is 0 Å². The van der Waals surface area contributed by atoms with E-state index in [0.29, 0.717) is 30.0 Å². The fourth-order valence-electron chi connectivity index (χ4n) is 14.7. The number of benzene rings is 1. The summed E-state index contributed by atoms with van der Waals surface area (Å²) in [5.74, 6) is 0.627. The van der Waals surface area contributed by atoms with Gasteiger partial charge in [0.15, 0.2) is 5.78 Å². The number of rotatable bonds is 13. The molecule has 1 aromatic rings. The summed E-state index contributed by atoms with van der Waals surface area (Å²) in [7, 11) is 4.34. The van der Waals surface area contributed by atoms with Crippen LogP contribution in [0.25, 0.3) is 0 Å². The summed E-state index contributed by atoms with van der Waals surface area (Å²) in [6.07, 6.45) is 12.3. The number of Topliss-reactive ketones (excluding diaryl/α,β-unsaturated/α-hetero) is 1. The van der Waals surface area contributed by atoms with Crippen molar-refractivity contribution >= 4 is 29.3 Å². The van der Waals surface area contributed by atoms with Crippen LogP contribution in [0.4, 0.5) is 0 Å². The summed E-state index contributed by atoms with van der Waals surface area (Å²) in [4.78, 5) is 44.5. The fraction of sp³-hybridized carbons (Fsp3) is 0.780. The average Bonchev–Trinajstić information content (AvgIpc) is 3.86. The van der Waals surface area contributed by atoms with E-state index in [1.165, 1.54) is 17.6 Å². The first-order chi connectivity index (χ1) is 27.0. The highest BCUT2D eigenvalue weighted by Crippen LogP contribution is 2.77. The van der Waals surface area contributed by atoms with Crippen LogP contribution in [0.3, 0.4) is 0 Å². The number of esters is 1. The number of carbonyl (C=O) groups is 3. The maximum Gasteiger partial charge on any atom is 0.309 e. The van der Waals surface area contributed by atoms with Crippen molar-refractivity contribution in [1.82, 2.24) is 9.80 Å². The van der Waals surface area contributed by atoms with Crippen molar-refractivity contribution < 1.29 is 24.2 Å². The van der Waals surface area contributed by atoms with Gasteiger partial charge in [0, 0.05) is 40.9 Å². The smallest absolute Gasteiger partial charge is 0.309 e. The molecule has 0 bridgehead atoms. The van der Waals surface area contributed by atoms with Crippen molar-refractivity contribution in [2.24, 2.45) is 56.2 Å². The molecule has 322 valence electrons. The van der Waals surface area contributed by atoms with E-state index in [0.717, 1.165) is 88.9 Å². The molecule has 7 rings (SSSR count). The normalized spacial score (nSPS) is 36.4. The molecular formula is C50H75ClN2O5. The van der Waals surface area contributed by atoms with Crippen LogP contribution in [0.15, 0.2) is 35.4 Å². The summed E-state index contributed by atoms with van der Waals surface area (Å²) in [6.45, 7) is 23.2. The van der Waals surface area contributed by atoms with E-state index < -0.39 is 17.4 Å². The van der Waals surface area contributed by atoms with Crippen molar-refractivity contribution in [2.45, 2.75) is 157 Å². The summed E-state index contributed by atoms with van der Waals surface area (Å²) in [6, 6.07) is 8.57. The molecule has 6 aliphatic rings. The van der Waals surface area contributed by atoms with E-state index in [9.17, 15) is 19.5 Å². The third-order valence-electron chi connectivity index (χ3n) is 18.3. The van der Waals surface area contributed by atoms with Gasteiger partial charge in [-0.25, -0.2) is 0 Å². The molecule has 0 aliphatic heterocycles. The minimum Gasteiger partial charge on any atom is -0.481 e. The van der Waals surface area contributed by atoms with Gasteiger partial charge in [-0.2, -0.15) is 0 Å². The third kappa shape index (κ3) is 6.95. The second kappa shape index (κ2) is 15.0. The predicted octanol–water partition coefficient (Wildman–Crippen LogP) is 11.0. The molecule has 7 nitrogen and oxygen atoms in total. The van der Waals surface area contributed by atoms with Crippen LogP contribution >= 0.6 is 11.6 Å². The molecule has 0 aromatic heterocycles. The van der Waals surface area contributed by atoms with E-state index >= 15 is 0 Å². The van der Waals surface area contributed by atoms with E-state index in [-0.39, 0.29) is 51.1 Å². The van der Waals surface area contributed by atoms with Crippen LogP contribution in [-0.4, -0.2) is 72.5 Å². The lowest BCUT2D eigenvalue weighted by molar-refractivity contribution is -0.233. The monoisotopic (exact) mass is 819 g/mol. The Bertz CT molecular complexity index is 1810. The maximum atomic E-state index is 14.4. The zero-order valence-corrected chi connectivity index (χ0v) is 38.6. The molecule has 1 aromatic carbocycles. The van der Waals surface area contributed by atoms with E-state index in [4.69, 9.17) is 16.3 Å². The Morgan fingerprint density at radius 3 is 2.14 bits per heavy atom. The quantitative estimate of drug-likeness (QED) is 0.198. The number of allylic oxidation sites excluding steroid dienone is 2. The highest BCUT2D eigenvalue weighted by atomic mass is 35.5. The summed E-state index contributed by atoms with van der Waals surface area (Å²) in [5, 5.41) is 10.5. The van der Waals surface area contributed by atoms with E-state index in [1.54, 1.807) is 19.4 Å². The average molecular weight is 820 g/mol. The largest absolute Gasteiger partial charge is 0.481 e. The molecule has 6 aliphatic carbocycles. The van der Waals surface area contributed by atoms with Gasteiger partial charge in [-0.1, -0.05) is 77.8 Å². The Morgan fingerprint density at radius 1 is 0.862 bits per heavy atom. The predicted molar refractivity (Wildman–Crippen MR) is 232 cm³/mol. The Hall–Kier alpha value is -2.22. The van der Waals surface area contributed by atoms with Gasteiger partial charge in [0.1, 0.15) is 6.10 Å². The molecule has 8 heteroatoms. The molecule has 0 unspecified atom stereocenters. The van der Waals surface area contributed by atoms with Gasteiger partial charge in [0.25, 0.3) is 0 Å². The Morgan fingerprint density at radius 2 is 1.53 bits per heavy atom. The minimum atomic E-state index is -1.15. The first kappa shape index (κ1) is 43.9. The summed E-state index contributed by atoms with van der Waals surface area (Å²) < 4.78 is 6.23. The van der Waals surface area contributed by atoms with Crippen molar-refractivity contribution in [3.8, 4) is 0 Å². The van der Waals surface area contributed by atoms with Gasteiger partial charge in [-0.3, -0.25) is 19.3 Å². The second-order valence-corrected chi connectivity index (χ2v) is 23.2. The lowest BCUT2D eigenvalue weighted by atomic mass is 9.33. The Balaban J connectivity index is 1.16. The van der Waals surface area contributed by atoms with Gasteiger partial charge in [0.05, 0.1) is 11.8 Å². The van der Waals surface area contributed by atoms with Crippen LogP contribution in [0.1, 0.15) is 151 Å². The highest BCUT2D eigenvalue weighted by molar-refractivity contribution is 6.30. The summed E-state index contributed by atoms with van der Waals surface area (Å²) in [5.41, 5.74) is 3.05. The van der Waals surface area contributed by atoms with Crippen molar-refractivity contribution in [1.29, 1.82) is 0 Å². The fourth-order valence-corrected chi connectivity index (χ4v) is 14.9. The molecule has 0 saturated heterocycles. The van der Waals surface area contributed by atoms with Gasteiger partial charge < -0.3 is 14.7 Å². The van der Waals surface area contributed by atoms with Crippen molar-refractivity contribution in [2.75, 3.05) is 33.7 Å². The molecule has 0 amide bonds. The number of nitrogens with zero attached hydrogens (tertiary/aromatic N) is 2. The molecule has 0 radical (unpaired) electrons. The SMILES string of the molecule is CC(C)C1=C2[C@H]3CC[C@@H]4[C@@]5(C)CC[C@H](OC(=O)CC(C)(C)C(=O)O)C(C)(C)[C@@H]5CC[C@@]4(C)[C@]3(C)CC[C@@]2(CCN(CCN(C)C)C2(c3ccc(Cl)cc3)CC2)CC1=O. The standard InChI is InChI=1S/C50H75ClN2O5/c1-32(2)41-36(54)30-49(26-27-53(29-28-52(10)11)50(24-25-50)33-12-14-34(51)15-13-33)23-22-47(8)35(42(41)49)16-17-38-46(7)20-19-39(58-40(55)31-44(3,4)43(56)57)45(5,6)37(46)18-21-48(38,47)9/h12-15,32,35,37-39H,16-31H2,1-11H3,(H,56,57)/t35-,37+,38-,39+,46+,47-,48-,49-/m1/s1. The number of ether oxygens (including phenoxy) is 1. The van der Waals surface area contributed by atoms with Crippen LogP contribution < -0.4 is 0 Å². The summed E-state index contributed by atoms with van der Waals surface area (Å²) >= 11 is 6.37. The van der Waals surface area contributed by atoms with Crippen LogP contribution in [-0.2, 0) is 24.7 Å². The first-order valence-electron chi connectivity index (χ1n) is 22.8. The number of carboxylic acids is 1. The third-order valence-corrected chi connectivity index (χ3v) is 18.6.